The monoisotopic (exact) mass is 635 g/mol. The molecule has 0 saturated carbocycles. The standard InChI is InChI=1S/C33H45N7O4S/c1-33(2,3)44-32(43)37-29-24-45-23-28(29)36-30(41)27-12-11-26(21-35-27)22-40(16-8-15-39-19-17-38(4)18-20-39)31(42)34-14-13-25-9-6-5-7-10-25/h5-7,9-12,21,23-24H,8,13-20,22H2,1-4H3,(H,34,42)(H,36,41)(H,37,43). The van der Waals surface area contributed by atoms with Gasteiger partial charge in [-0.1, -0.05) is 36.4 Å². The van der Waals surface area contributed by atoms with Gasteiger partial charge in [-0.3, -0.25) is 15.1 Å². The van der Waals surface area contributed by atoms with Crippen LogP contribution in [0.15, 0.2) is 59.4 Å². The molecule has 242 valence electrons. The maximum absolute atomic E-state index is 13.3. The van der Waals surface area contributed by atoms with Crippen molar-refractivity contribution in [2.45, 2.75) is 45.8 Å². The van der Waals surface area contributed by atoms with Crippen molar-refractivity contribution in [2.75, 3.05) is 63.5 Å². The number of carbonyl (C=O) groups excluding carboxylic acids is 3. The third-order valence-electron chi connectivity index (χ3n) is 7.29. The highest BCUT2D eigenvalue weighted by Crippen LogP contribution is 2.27. The molecule has 1 fully saturated rings. The summed E-state index contributed by atoms with van der Waals surface area (Å²) in [7, 11) is 2.14. The molecule has 0 spiro atoms. The van der Waals surface area contributed by atoms with E-state index in [1.807, 2.05) is 29.2 Å². The number of piperazine rings is 1. The number of pyridine rings is 1. The van der Waals surface area contributed by atoms with E-state index in [0.717, 1.165) is 51.1 Å². The van der Waals surface area contributed by atoms with Crippen LogP contribution < -0.4 is 16.0 Å². The summed E-state index contributed by atoms with van der Waals surface area (Å²) in [4.78, 5) is 49.4. The van der Waals surface area contributed by atoms with Crippen LogP contribution in [-0.2, 0) is 17.7 Å². The number of aromatic nitrogens is 1. The summed E-state index contributed by atoms with van der Waals surface area (Å²) >= 11 is 1.34. The van der Waals surface area contributed by atoms with Gasteiger partial charge in [-0.05, 0) is 64.4 Å². The molecule has 1 aliphatic heterocycles. The Hall–Kier alpha value is -4.00. The number of carbonyl (C=O) groups is 3. The number of ether oxygens (including phenoxy) is 1. The second-order valence-electron chi connectivity index (χ2n) is 12.2. The van der Waals surface area contributed by atoms with Gasteiger partial charge in [-0.15, -0.1) is 11.3 Å². The number of hydrogen-bond donors (Lipinski definition) is 3. The molecule has 0 atom stereocenters. The number of thiophene rings is 1. The predicted octanol–water partition coefficient (Wildman–Crippen LogP) is 5.13. The van der Waals surface area contributed by atoms with Crippen LogP contribution in [-0.4, -0.2) is 96.2 Å². The Bertz CT molecular complexity index is 1380. The molecule has 3 N–H and O–H groups in total. The van der Waals surface area contributed by atoms with E-state index in [-0.39, 0.29) is 11.7 Å². The van der Waals surface area contributed by atoms with Crippen LogP contribution in [0.5, 0.6) is 0 Å². The molecule has 11 nitrogen and oxygen atoms in total. The first kappa shape index (κ1) is 33.9. The quantitative estimate of drug-likeness (QED) is 0.252. The fourth-order valence-corrected chi connectivity index (χ4v) is 5.55. The van der Waals surface area contributed by atoms with Gasteiger partial charge in [0.15, 0.2) is 0 Å². The van der Waals surface area contributed by atoms with Crippen molar-refractivity contribution < 1.29 is 19.1 Å². The molecule has 1 aliphatic rings. The Morgan fingerprint density at radius 3 is 2.33 bits per heavy atom. The number of urea groups is 1. The zero-order chi connectivity index (χ0) is 32.2. The minimum Gasteiger partial charge on any atom is -0.444 e. The summed E-state index contributed by atoms with van der Waals surface area (Å²) < 4.78 is 5.31. The summed E-state index contributed by atoms with van der Waals surface area (Å²) in [6, 6.07) is 13.4. The van der Waals surface area contributed by atoms with Crippen molar-refractivity contribution in [3.8, 4) is 0 Å². The van der Waals surface area contributed by atoms with Gasteiger partial charge in [-0.2, -0.15) is 0 Å². The average molecular weight is 636 g/mol. The highest BCUT2D eigenvalue weighted by Gasteiger charge is 2.20. The number of benzene rings is 1. The van der Waals surface area contributed by atoms with E-state index < -0.39 is 17.6 Å². The van der Waals surface area contributed by atoms with Gasteiger partial charge in [0.1, 0.15) is 11.3 Å². The maximum atomic E-state index is 13.3. The van der Waals surface area contributed by atoms with Crippen LogP contribution >= 0.6 is 11.3 Å². The molecular weight excluding hydrogens is 590 g/mol. The highest BCUT2D eigenvalue weighted by atomic mass is 32.1. The number of anilines is 2. The van der Waals surface area contributed by atoms with Gasteiger partial charge in [0.25, 0.3) is 5.91 Å². The number of nitrogens with zero attached hydrogens (tertiary/aromatic N) is 4. The van der Waals surface area contributed by atoms with E-state index in [2.05, 4.69) is 49.9 Å². The molecule has 0 radical (unpaired) electrons. The number of nitrogens with one attached hydrogen (secondary N) is 3. The van der Waals surface area contributed by atoms with Crippen LogP contribution in [0.2, 0.25) is 0 Å². The van der Waals surface area contributed by atoms with Crippen LogP contribution in [0, 0.1) is 0 Å². The molecule has 4 rings (SSSR count). The molecular formula is C33H45N7O4S. The van der Waals surface area contributed by atoms with Crippen LogP contribution in [0.25, 0.3) is 0 Å². The normalized spacial score (nSPS) is 14.0. The first-order chi connectivity index (χ1) is 21.6. The van der Waals surface area contributed by atoms with E-state index >= 15 is 0 Å². The fraction of sp³-hybridized carbons (Fsp3) is 0.455. The van der Waals surface area contributed by atoms with Crippen molar-refractivity contribution >= 4 is 40.7 Å². The lowest BCUT2D eigenvalue weighted by Crippen LogP contribution is -2.46. The third kappa shape index (κ3) is 11.5. The minimum atomic E-state index is -0.641. The molecule has 1 aromatic carbocycles. The predicted molar refractivity (Wildman–Crippen MR) is 179 cm³/mol. The number of likely N-dealkylation sites (N-methyl/N-ethyl adjacent to an activating group) is 1. The number of amides is 4. The summed E-state index contributed by atoms with van der Waals surface area (Å²) in [6.07, 6.45) is 2.65. The highest BCUT2D eigenvalue weighted by molar-refractivity contribution is 7.09. The topological polar surface area (TPSA) is 119 Å². The largest absolute Gasteiger partial charge is 0.444 e. The Kier molecular flexibility index (Phi) is 12.3. The summed E-state index contributed by atoms with van der Waals surface area (Å²) in [5, 5.41) is 12.0. The van der Waals surface area contributed by atoms with Crippen molar-refractivity contribution in [3.05, 3.63) is 76.2 Å². The van der Waals surface area contributed by atoms with E-state index in [4.69, 9.17) is 4.74 Å². The van der Waals surface area contributed by atoms with Crippen molar-refractivity contribution in [2.24, 2.45) is 0 Å². The van der Waals surface area contributed by atoms with Gasteiger partial charge in [0, 0.05) is 62.8 Å². The molecule has 0 unspecified atom stereocenters. The molecule has 0 bridgehead atoms. The SMILES string of the molecule is CN1CCN(CCCN(Cc2ccc(C(=O)Nc3cscc3NC(=O)OC(C)(C)C)nc2)C(=O)NCCc2ccccc2)CC1. The second kappa shape index (κ2) is 16.4. The van der Waals surface area contributed by atoms with Crippen LogP contribution in [0.1, 0.15) is 48.8 Å². The summed E-state index contributed by atoms with van der Waals surface area (Å²) in [6.45, 7) is 12.0. The van der Waals surface area contributed by atoms with E-state index in [1.165, 1.54) is 16.9 Å². The van der Waals surface area contributed by atoms with Gasteiger partial charge >= 0.3 is 12.1 Å². The molecule has 3 aromatic rings. The lowest BCUT2D eigenvalue weighted by Gasteiger charge is -2.33. The molecule has 2 aromatic heterocycles. The van der Waals surface area contributed by atoms with Gasteiger partial charge in [0.2, 0.25) is 0 Å². The van der Waals surface area contributed by atoms with Crippen LogP contribution in [0.4, 0.5) is 21.0 Å². The second-order valence-corrected chi connectivity index (χ2v) is 13.0. The Morgan fingerprint density at radius 1 is 0.956 bits per heavy atom. The molecule has 4 amide bonds. The Morgan fingerprint density at radius 2 is 1.67 bits per heavy atom. The smallest absolute Gasteiger partial charge is 0.412 e. The molecule has 3 heterocycles. The first-order valence-corrected chi connectivity index (χ1v) is 16.3. The van der Waals surface area contributed by atoms with Crippen molar-refractivity contribution in [1.29, 1.82) is 0 Å². The van der Waals surface area contributed by atoms with Gasteiger partial charge in [-0.25, -0.2) is 9.59 Å². The molecule has 1 saturated heterocycles. The lowest BCUT2D eigenvalue weighted by molar-refractivity contribution is 0.0635. The van der Waals surface area contributed by atoms with Gasteiger partial charge < -0.3 is 30.1 Å². The van der Waals surface area contributed by atoms with Gasteiger partial charge in [0.05, 0.1) is 11.4 Å². The third-order valence-corrected chi connectivity index (χ3v) is 8.04. The first-order valence-electron chi connectivity index (χ1n) is 15.4. The fourth-order valence-electron chi connectivity index (χ4n) is 4.84. The van der Waals surface area contributed by atoms with Crippen molar-refractivity contribution in [3.63, 3.8) is 0 Å². The summed E-state index contributed by atoms with van der Waals surface area (Å²) in [5.41, 5.74) is 2.49. The average Bonchev–Trinajstić information content (AvgIpc) is 3.43. The van der Waals surface area contributed by atoms with Crippen molar-refractivity contribution in [1.82, 2.24) is 25.0 Å². The minimum absolute atomic E-state index is 0.117. The molecule has 45 heavy (non-hydrogen) atoms. The molecule has 0 aliphatic carbocycles. The molecule has 12 heteroatoms. The number of rotatable bonds is 12. The maximum Gasteiger partial charge on any atom is 0.412 e. The zero-order valence-electron chi connectivity index (χ0n) is 26.7. The van der Waals surface area contributed by atoms with E-state index in [0.29, 0.717) is 31.0 Å². The lowest BCUT2D eigenvalue weighted by atomic mass is 10.1. The number of hydrogen-bond acceptors (Lipinski definition) is 8. The zero-order valence-corrected chi connectivity index (χ0v) is 27.5. The van der Waals surface area contributed by atoms with E-state index in [9.17, 15) is 14.4 Å². The Labute approximate surface area is 269 Å². The van der Waals surface area contributed by atoms with E-state index in [1.54, 1.807) is 43.8 Å². The summed E-state index contributed by atoms with van der Waals surface area (Å²) in [5.74, 6) is -0.408. The van der Waals surface area contributed by atoms with Crippen LogP contribution in [0.3, 0.4) is 0 Å². The Balaban J connectivity index is 1.34.